The number of aliphatic hydroxyl groups is 1. The number of hydrogen-bond acceptors (Lipinski definition) is 6. The SMILES string of the molecule is C[C@@H]1CN([C@H](C)CO)C(=O)CCCn2cc(nn2)CO[C@@H]1CN(C)Cc1ccccc1. The summed E-state index contributed by atoms with van der Waals surface area (Å²) in [5.74, 6) is 0.149. The molecule has 1 N–H and O–H groups in total. The molecular formula is C23H35N5O3. The molecule has 31 heavy (non-hydrogen) atoms. The Bertz CT molecular complexity index is 813. The van der Waals surface area contributed by atoms with Crippen molar-refractivity contribution in [2.24, 2.45) is 5.92 Å². The zero-order valence-electron chi connectivity index (χ0n) is 18.9. The van der Waals surface area contributed by atoms with Crippen molar-refractivity contribution in [1.82, 2.24) is 24.8 Å². The summed E-state index contributed by atoms with van der Waals surface area (Å²) >= 11 is 0. The van der Waals surface area contributed by atoms with E-state index in [-0.39, 0.29) is 30.6 Å². The third-order valence-electron chi connectivity index (χ3n) is 5.83. The molecular weight excluding hydrogens is 394 g/mol. The first kappa shape index (κ1) is 23.4. The third-order valence-corrected chi connectivity index (χ3v) is 5.83. The number of carbonyl (C=O) groups is 1. The lowest BCUT2D eigenvalue weighted by atomic mass is 10.0. The van der Waals surface area contributed by atoms with E-state index in [4.69, 9.17) is 4.74 Å². The summed E-state index contributed by atoms with van der Waals surface area (Å²) < 4.78 is 8.08. The number of aromatic nitrogens is 3. The van der Waals surface area contributed by atoms with Crippen LogP contribution in [-0.2, 0) is 29.2 Å². The van der Waals surface area contributed by atoms with Crippen LogP contribution in [0.5, 0.6) is 0 Å². The van der Waals surface area contributed by atoms with Gasteiger partial charge in [-0.3, -0.25) is 14.4 Å². The van der Waals surface area contributed by atoms with Crippen LogP contribution in [-0.4, -0.2) is 74.7 Å². The minimum atomic E-state index is -0.222. The molecule has 0 saturated heterocycles. The van der Waals surface area contributed by atoms with E-state index in [1.807, 2.05) is 36.2 Å². The van der Waals surface area contributed by atoms with E-state index >= 15 is 0 Å². The average molecular weight is 430 g/mol. The average Bonchev–Trinajstić information content (AvgIpc) is 3.22. The molecule has 1 aliphatic heterocycles. The number of rotatable bonds is 6. The molecule has 0 spiro atoms. The highest BCUT2D eigenvalue weighted by molar-refractivity contribution is 5.76. The largest absolute Gasteiger partial charge is 0.394 e. The molecule has 1 amide bonds. The van der Waals surface area contributed by atoms with Crippen LogP contribution in [0.3, 0.4) is 0 Å². The van der Waals surface area contributed by atoms with Crippen LogP contribution >= 0.6 is 0 Å². The first-order valence-corrected chi connectivity index (χ1v) is 11.1. The molecule has 3 rings (SSSR count). The van der Waals surface area contributed by atoms with Gasteiger partial charge < -0.3 is 14.7 Å². The van der Waals surface area contributed by atoms with E-state index in [0.717, 1.165) is 18.8 Å². The van der Waals surface area contributed by atoms with Crippen molar-refractivity contribution in [2.75, 3.05) is 26.7 Å². The number of ether oxygens (including phenoxy) is 1. The minimum Gasteiger partial charge on any atom is -0.394 e. The first-order valence-electron chi connectivity index (χ1n) is 11.1. The zero-order chi connectivity index (χ0) is 22.2. The number of amides is 1. The third kappa shape index (κ3) is 6.85. The van der Waals surface area contributed by atoms with Gasteiger partial charge in [-0.05, 0) is 26.0 Å². The van der Waals surface area contributed by atoms with Crippen molar-refractivity contribution in [3.63, 3.8) is 0 Å². The minimum absolute atomic E-state index is 0.0517. The maximum absolute atomic E-state index is 12.9. The number of hydrogen-bond donors (Lipinski definition) is 1. The summed E-state index contributed by atoms with van der Waals surface area (Å²) in [6.07, 6.45) is 2.91. The van der Waals surface area contributed by atoms with Crippen LogP contribution in [0.25, 0.3) is 0 Å². The molecule has 0 radical (unpaired) electrons. The van der Waals surface area contributed by atoms with Crippen molar-refractivity contribution < 1.29 is 14.6 Å². The number of benzene rings is 1. The van der Waals surface area contributed by atoms with E-state index in [0.29, 0.717) is 32.5 Å². The second kappa shape index (κ2) is 11.4. The Morgan fingerprint density at radius 2 is 2.10 bits per heavy atom. The van der Waals surface area contributed by atoms with E-state index < -0.39 is 0 Å². The molecule has 2 heterocycles. The highest BCUT2D eigenvalue weighted by Gasteiger charge is 2.27. The van der Waals surface area contributed by atoms with Crippen LogP contribution in [0.2, 0.25) is 0 Å². The molecule has 1 aliphatic rings. The molecule has 8 nitrogen and oxygen atoms in total. The quantitative estimate of drug-likeness (QED) is 0.756. The Hall–Kier alpha value is -2.29. The molecule has 1 aromatic carbocycles. The Kier molecular flexibility index (Phi) is 8.57. The van der Waals surface area contributed by atoms with Gasteiger partial charge >= 0.3 is 0 Å². The van der Waals surface area contributed by atoms with Crippen molar-refractivity contribution in [2.45, 2.75) is 58.5 Å². The van der Waals surface area contributed by atoms with Gasteiger partial charge in [-0.15, -0.1) is 5.10 Å². The Morgan fingerprint density at radius 3 is 2.84 bits per heavy atom. The van der Waals surface area contributed by atoms with Crippen LogP contribution < -0.4 is 0 Å². The summed E-state index contributed by atoms with van der Waals surface area (Å²) in [6, 6.07) is 10.1. The maximum Gasteiger partial charge on any atom is 0.222 e. The topological polar surface area (TPSA) is 83.7 Å². The van der Waals surface area contributed by atoms with Crippen molar-refractivity contribution in [3.8, 4) is 0 Å². The normalized spacial score (nSPS) is 22.0. The highest BCUT2D eigenvalue weighted by Crippen LogP contribution is 2.18. The standard InChI is InChI=1S/C23H35N5O3/c1-18-12-28(19(2)16-29)23(30)10-7-11-27-14-21(24-25-27)17-31-22(18)15-26(3)13-20-8-5-4-6-9-20/h4-6,8-9,14,18-19,22,29H,7,10-13,15-17H2,1-3H3/t18-,19-,22-/m1/s1. The van der Waals surface area contributed by atoms with E-state index in [9.17, 15) is 9.90 Å². The predicted octanol–water partition coefficient (Wildman–Crippen LogP) is 1.93. The molecule has 3 atom stereocenters. The van der Waals surface area contributed by atoms with Gasteiger partial charge in [0, 0.05) is 38.5 Å². The van der Waals surface area contributed by atoms with Gasteiger partial charge in [0.2, 0.25) is 5.91 Å². The second-order valence-electron chi connectivity index (χ2n) is 8.66. The van der Waals surface area contributed by atoms with Gasteiger partial charge in [0.25, 0.3) is 0 Å². The van der Waals surface area contributed by atoms with Gasteiger partial charge in [-0.25, -0.2) is 0 Å². The van der Waals surface area contributed by atoms with Gasteiger partial charge in [0.1, 0.15) is 5.69 Å². The van der Waals surface area contributed by atoms with Gasteiger partial charge in [-0.1, -0.05) is 42.5 Å². The van der Waals surface area contributed by atoms with Gasteiger partial charge in [0.05, 0.1) is 31.6 Å². The van der Waals surface area contributed by atoms with Crippen LogP contribution in [0.4, 0.5) is 0 Å². The van der Waals surface area contributed by atoms with Crippen LogP contribution in [0, 0.1) is 5.92 Å². The van der Waals surface area contributed by atoms with Gasteiger partial charge in [0.15, 0.2) is 0 Å². The van der Waals surface area contributed by atoms with E-state index in [1.165, 1.54) is 5.56 Å². The number of aliphatic hydroxyl groups excluding tert-OH is 1. The fourth-order valence-corrected chi connectivity index (χ4v) is 3.96. The lowest BCUT2D eigenvalue weighted by Crippen LogP contribution is -2.47. The van der Waals surface area contributed by atoms with Crippen LogP contribution in [0.1, 0.15) is 37.9 Å². The Labute approximate surface area is 184 Å². The maximum atomic E-state index is 12.9. The molecule has 2 aromatic rings. The molecule has 2 bridgehead atoms. The first-order chi connectivity index (χ1) is 15.0. The number of likely N-dealkylation sites (N-methyl/N-ethyl adjacent to an activating group) is 1. The fraction of sp³-hybridized carbons (Fsp3) is 0.609. The summed E-state index contributed by atoms with van der Waals surface area (Å²) in [5, 5.41) is 18.1. The molecule has 0 aliphatic carbocycles. The molecule has 170 valence electrons. The lowest BCUT2D eigenvalue weighted by molar-refractivity contribution is -0.136. The molecule has 0 saturated carbocycles. The summed E-state index contributed by atoms with van der Waals surface area (Å²) in [4.78, 5) is 17.0. The summed E-state index contributed by atoms with van der Waals surface area (Å²) in [7, 11) is 2.08. The predicted molar refractivity (Wildman–Crippen MR) is 118 cm³/mol. The smallest absolute Gasteiger partial charge is 0.222 e. The summed E-state index contributed by atoms with van der Waals surface area (Å²) in [6.45, 7) is 7.07. The van der Waals surface area contributed by atoms with Crippen molar-refractivity contribution >= 4 is 5.91 Å². The number of nitrogens with zero attached hydrogens (tertiary/aromatic N) is 5. The molecule has 0 unspecified atom stereocenters. The summed E-state index contributed by atoms with van der Waals surface area (Å²) in [5.41, 5.74) is 2.05. The van der Waals surface area contributed by atoms with Gasteiger partial charge in [-0.2, -0.15) is 0 Å². The Balaban J connectivity index is 1.76. The number of aryl methyl sites for hydroxylation is 1. The lowest BCUT2D eigenvalue weighted by Gasteiger charge is -2.35. The zero-order valence-corrected chi connectivity index (χ0v) is 18.9. The second-order valence-corrected chi connectivity index (χ2v) is 8.66. The highest BCUT2D eigenvalue weighted by atomic mass is 16.5. The van der Waals surface area contributed by atoms with E-state index in [1.54, 1.807) is 4.68 Å². The van der Waals surface area contributed by atoms with Crippen molar-refractivity contribution in [3.05, 3.63) is 47.8 Å². The molecule has 8 heteroatoms. The monoisotopic (exact) mass is 429 g/mol. The van der Waals surface area contributed by atoms with Crippen molar-refractivity contribution in [1.29, 1.82) is 0 Å². The molecule has 1 aromatic heterocycles. The fourth-order valence-electron chi connectivity index (χ4n) is 3.96. The number of fused-ring (bicyclic) bond motifs is 2. The Morgan fingerprint density at radius 1 is 1.32 bits per heavy atom. The molecule has 0 fully saturated rings. The van der Waals surface area contributed by atoms with E-state index in [2.05, 4.69) is 41.3 Å². The number of carbonyl (C=O) groups excluding carboxylic acids is 1. The van der Waals surface area contributed by atoms with Crippen LogP contribution in [0.15, 0.2) is 36.5 Å².